The second-order valence-corrected chi connectivity index (χ2v) is 9.55. The molecule has 0 bridgehead atoms. The van der Waals surface area contributed by atoms with Crippen molar-refractivity contribution in [1.29, 1.82) is 0 Å². The largest absolute Gasteiger partial charge is 0.462 e. The highest BCUT2D eigenvalue weighted by molar-refractivity contribution is 6.26. The first-order valence-corrected chi connectivity index (χ1v) is 10.0. The van der Waals surface area contributed by atoms with Crippen molar-refractivity contribution >= 4 is 19.6 Å². The molecule has 0 amide bonds. The van der Waals surface area contributed by atoms with E-state index in [-0.39, 0.29) is 41.2 Å². The normalized spacial score (nSPS) is 50.3. The molecule has 0 aromatic carbocycles. The van der Waals surface area contributed by atoms with Crippen LogP contribution in [-0.4, -0.2) is 36.9 Å². The van der Waals surface area contributed by atoms with Crippen LogP contribution in [0, 0.1) is 28.6 Å². The number of ketones is 1. The molecule has 2 radical (unpaired) electrons. The maximum absolute atomic E-state index is 12.9. The molecule has 4 nitrogen and oxygen atoms in total. The Balaban J connectivity index is 1.78. The third-order valence-corrected chi connectivity index (χ3v) is 8.11. The minimum atomic E-state index is -0.489. The average Bonchev–Trinajstić information content (AvgIpc) is 2.78. The number of ether oxygens (including phenoxy) is 1. The lowest BCUT2D eigenvalue weighted by Crippen LogP contribution is -2.57. The Labute approximate surface area is 157 Å². The van der Waals surface area contributed by atoms with Gasteiger partial charge >= 0.3 is 5.97 Å². The van der Waals surface area contributed by atoms with Crippen molar-refractivity contribution in [3.05, 3.63) is 11.6 Å². The van der Waals surface area contributed by atoms with Crippen molar-refractivity contribution in [3.8, 4) is 0 Å². The van der Waals surface area contributed by atoms with E-state index in [9.17, 15) is 14.7 Å². The van der Waals surface area contributed by atoms with Gasteiger partial charge in [-0.15, -0.1) is 0 Å². The first-order valence-electron chi connectivity index (χ1n) is 10.0. The number of carbonyl (C=O) groups excluding carboxylic acids is 2. The van der Waals surface area contributed by atoms with Crippen LogP contribution in [-0.2, 0) is 14.3 Å². The van der Waals surface area contributed by atoms with Gasteiger partial charge < -0.3 is 9.84 Å². The van der Waals surface area contributed by atoms with Crippen LogP contribution >= 0.6 is 0 Å². The van der Waals surface area contributed by atoms with E-state index in [1.54, 1.807) is 0 Å². The maximum Gasteiger partial charge on any atom is 0.302 e. The van der Waals surface area contributed by atoms with Crippen LogP contribution in [0.2, 0.25) is 5.82 Å². The van der Waals surface area contributed by atoms with E-state index in [0.717, 1.165) is 25.7 Å². The van der Waals surface area contributed by atoms with Crippen LogP contribution in [0.25, 0.3) is 0 Å². The number of Topliss-reactive ketones (excluding diaryl/α,β-unsaturated/α-hetero) is 1. The van der Waals surface area contributed by atoms with Crippen molar-refractivity contribution in [3.63, 3.8) is 0 Å². The zero-order chi connectivity index (χ0) is 18.9. The van der Waals surface area contributed by atoms with Gasteiger partial charge in [0, 0.05) is 18.3 Å². The zero-order valence-corrected chi connectivity index (χ0v) is 16.0. The number of aliphatic hydroxyl groups excluding tert-OH is 1. The monoisotopic (exact) mass is 356 g/mol. The number of rotatable bonds is 1. The molecular formula is C21H29BO4. The first-order chi connectivity index (χ1) is 12.2. The fourth-order valence-corrected chi connectivity index (χ4v) is 6.93. The Hall–Kier alpha value is -1.10. The Morgan fingerprint density at radius 1 is 1.35 bits per heavy atom. The van der Waals surface area contributed by atoms with Gasteiger partial charge in [0.25, 0.3) is 0 Å². The molecule has 0 heterocycles. The lowest BCUT2D eigenvalue weighted by atomic mass is 9.47. The van der Waals surface area contributed by atoms with Crippen molar-refractivity contribution < 1.29 is 19.4 Å². The molecule has 4 aliphatic carbocycles. The Bertz CT molecular complexity index is 673. The standard InChI is InChI=1S/C21H29BO4/c1-11(23)26-17-10-21(3)15(9-16(22)19(21)25)14-5-4-12-8-13(24)6-7-20(12,2)18(14)17/h4,13-18,24H,5-10H2,1-3H3/t13-,14?,15?,16+,17-,18?,20-,21-/m0/s1. The van der Waals surface area contributed by atoms with E-state index >= 15 is 0 Å². The van der Waals surface area contributed by atoms with Gasteiger partial charge in [-0.25, -0.2) is 0 Å². The molecule has 1 N–H and O–H groups in total. The van der Waals surface area contributed by atoms with Crippen LogP contribution in [0.15, 0.2) is 11.6 Å². The van der Waals surface area contributed by atoms with Gasteiger partial charge in [0.05, 0.1) is 14.0 Å². The van der Waals surface area contributed by atoms with Crippen molar-refractivity contribution in [1.82, 2.24) is 0 Å². The maximum atomic E-state index is 12.9. The van der Waals surface area contributed by atoms with E-state index in [2.05, 4.69) is 13.0 Å². The molecule has 0 aromatic heterocycles. The van der Waals surface area contributed by atoms with Gasteiger partial charge in [0.2, 0.25) is 0 Å². The zero-order valence-electron chi connectivity index (χ0n) is 16.0. The van der Waals surface area contributed by atoms with E-state index in [0.29, 0.717) is 18.8 Å². The lowest BCUT2D eigenvalue weighted by molar-refractivity contribution is -0.173. The van der Waals surface area contributed by atoms with E-state index < -0.39 is 11.2 Å². The Morgan fingerprint density at radius 3 is 2.77 bits per heavy atom. The predicted octanol–water partition coefficient (Wildman–Crippen LogP) is 2.99. The minimum absolute atomic E-state index is 0.0701. The summed E-state index contributed by atoms with van der Waals surface area (Å²) in [5, 5.41) is 10.1. The number of allylic oxidation sites excluding steroid dienone is 1. The third kappa shape index (κ3) is 2.46. The second-order valence-electron chi connectivity index (χ2n) is 9.55. The summed E-state index contributed by atoms with van der Waals surface area (Å²) in [4.78, 5) is 24.7. The summed E-state index contributed by atoms with van der Waals surface area (Å²) < 4.78 is 5.84. The van der Waals surface area contributed by atoms with Crippen molar-refractivity contribution in [2.45, 2.75) is 77.3 Å². The number of carbonyl (C=O) groups is 2. The number of hydrogen-bond donors (Lipinski definition) is 1. The van der Waals surface area contributed by atoms with E-state index in [1.807, 2.05) is 6.92 Å². The van der Waals surface area contributed by atoms with E-state index in [1.165, 1.54) is 12.5 Å². The van der Waals surface area contributed by atoms with Crippen molar-refractivity contribution in [2.24, 2.45) is 28.6 Å². The fraction of sp³-hybridized carbons (Fsp3) is 0.810. The molecule has 0 aliphatic heterocycles. The number of hydrogen-bond acceptors (Lipinski definition) is 4. The van der Waals surface area contributed by atoms with Crippen LogP contribution in [0.3, 0.4) is 0 Å². The Morgan fingerprint density at radius 2 is 2.08 bits per heavy atom. The predicted molar refractivity (Wildman–Crippen MR) is 98.5 cm³/mol. The number of esters is 1. The minimum Gasteiger partial charge on any atom is -0.462 e. The topological polar surface area (TPSA) is 63.6 Å². The quantitative estimate of drug-likeness (QED) is 0.446. The molecule has 26 heavy (non-hydrogen) atoms. The van der Waals surface area contributed by atoms with Crippen LogP contribution in [0.5, 0.6) is 0 Å². The van der Waals surface area contributed by atoms with Gasteiger partial charge in [-0.2, -0.15) is 0 Å². The molecule has 4 aliphatic rings. The summed E-state index contributed by atoms with van der Waals surface area (Å²) in [7, 11) is 6.17. The first kappa shape index (κ1) is 18.3. The average molecular weight is 356 g/mol. The van der Waals surface area contributed by atoms with Gasteiger partial charge in [0.1, 0.15) is 11.9 Å². The fourth-order valence-electron chi connectivity index (χ4n) is 6.93. The summed E-state index contributed by atoms with van der Waals surface area (Å²) in [5.74, 6) is 0.226. The highest BCUT2D eigenvalue weighted by atomic mass is 16.5. The summed E-state index contributed by atoms with van der Waals surface area (Å²) in [6, 6.07) is 0. The molecular weight excluding hydrogens is 327 g/mol. The second kappa shape index (κ2) is 5.95. The molecule has 140 valence electrons. The molecule has 0 aromatic rings. The van der Waals surface area contributed by atoms with Gasteiger partial charge in [-0.1, -0.05) is 25.5 Å². The molecule has 8 atom stereocenters. The van der Waals surface area contributed by atoms with E-state index in [4.69, 9.17) is 12.6 Å². The summed E-state index contributed by atoms with van der Waals surface area (Å²) >= 11 is 0. The van der Waals surface area contributed by atoms with Crippen molar-refractivity contribution in [2.75, 3.05) is 0 Å². The van der Waals surface area contributed by atoms with Gasteiger partial charge in [-0.05, 0) is 61.6 Å². The summed E-state index contributed by atoms with van der Waals surface area (Å²) in [5.41, 5.74) is 0.752. The van der Waals surface area contributed by atoms with Gasteiger partial charge in [-0.3, -0.25) is 9.59 Å². The summed E-state index contributed by atoms with van der Waals surface area (Å²) in [6.07, 6.45) is 6.39. The Kier molecular flexibility index (Phi) is 4.18. The number of fused-ring (bicyclic) bond motifs is 5. The molecule has 3 fully saturated rings. The SMILES string of the molecule is [B][C@@H]1CC2C3CC=C4C[C@@H](O)CC[C@]4(C)C3[C@@H](OC(C)=O)C[C@]2(C)C1=O. The highest BCUT2D eigenvalue weighted by Crippen LogP contribution is 2.65. The molecule has 5 heteroatoms. The smallest absolute Gasteiger partial charge is 0.302 e. The molecule has 3 saturated carbocycles. The van der Waals surface area contributed by atoms with Crippen LogP contribution < -0.4 is 0 Å². The summed E-state index contributed by atoms with van der Waals surface area (Å²) in [6.45, 7) is 5.77. The third-order valence-electron chi connectivity index (χ3n) is 8.11. The van der Waals surface area contributed by atoms with Gasteiger partial charge in [0.15, 0.2) is 0 Å². The molecule has 0 saturated heterocycles. The molecule has 4 rings (SSSR count). The molecule has 3 unspecified atom stereocenters. The lowest BCUT2D eigenvalue weighted by Gasteiger charge is -2.58. The molecule has 0 spiro atoms. The highest BCUT2D eigenvalue weighted by Gasteiger charge is 2.63. The van der Waals surface area contributed by atoms with Crippen LogP contribution in [0.4, 0.5) is 0 Å². The van der Waals surface area contributed by atoms with Crippen LogP contribution in [0.1, 0.15) is 59.3 Å². The number of aliphatic hydroxyl groups is 1.